The molecule has 1 aromatic rings. The van der Waals surface area contributed by atoms with E-state index in [0.29, 0.717) is 5.78 Å². The van der Waals surface area contributed by atoms with E-state index >= 15 is 0 Å². The van der Waals surface area contributed by atoms with Crippen molar-refractivity contribution in [3.05, 3.63) is 35.4 Å². The number of fused-ring (bicyclic) bond motifs is 3. The number of carbonyl (C=O) groups is 1. The molecule has 0 amide bonds. The van der Waals surface area contributed by atoms with Gasteiger partial charge in [-0.15, -0.1) is 0 Å². The van der Waals surface area contributed by atoms with Gasteiger partial charge in [0.25, 0.3) is 0 Å². The SMILES string of the molecule is O=C(CC1CC2CCC1C2)C1CCCc2ccccc21. The Morgan fingerprint density at radius 1 is 1.10 bits per heavy atom. The lowest BCUT2D eigenvalue weighted by Crippen LogP contribution is -2.23. The molecular formula is C19H24O. The molecule has 0 heterocycles. The molecule has 2 saturated carbocycles. The van der Waals surface area contributed by atoms with Gasteiger partial charge < -0.3 is 0 Å². The third kappa shape index (κ3) is 2.12. The van der Waals surface area contributed by atoms with Crippen molar-refractivity contribution in [3.63, 3.8) is 0 Å². The molecule has 4 rings (SSSR count). The molecule has 2 fully saturated rings. The lowest BCUT2D eigenvalue weighted by molar-refractivity contribution is -0.122. The first-order chi connectivity index (χ1) is 9.81. The number of ketones is 1. The van der Waals surface area contributed by atoms with E-state index in [-0.39, 0.29) is 5.92 Å². The fraction of sp³-hybridized carbons (Fsp3) is 0.632. The first-order valence-electron chi connectivity index (χ1n) is 8.42. The monoisotopic (exact) mass is 268 g/mol. The van der Waals surface area contributed by atoms with E-state index in [1.807, 2.05) is 0 Å². The van der Waals surface area contributed by atoms with Crippen LogP contribution in [-0.4, -0.2) is 5.78 Å². The topological polar surface area (TPSA) is 17.1 Å². The number of rotatable bonds is 3. The van der Waals surface area contributed by atoms with Gasteiger partial charge in [0.1, 0.15) is 5.78 Å². The summed E-state index contributed by atoms with van der Waals surface area (Å²) in [7, 11) is 0. The lowest BCUT2D eigenvalue weighted by Gasteiger charge is -2.27. The molecule has 2 bridgehead atoms. The summed E-state index contributed by atoms with van der Waals surface area (Å²) in [4.78, 5) is 12.8. The van der Waals surface area contributed by atoms with E-state index in [2.05, 4.69) is 24.3 Å². The summed E-state index contributed by atoms with van der Waals surface area (Å²) in [6.07, 6.45) is 9.87. The number of hydrogen-bond acceptors (Lipinski definition) is 1. The number of carbonyl (C=O) groups excluding carboxylic acids is 1. The zero-order valence-corrected chi connectivity index (χ0v) is 12.2. The van der Waals surface area contributed by atoms with Gasteiger partial charge in [0.05, 0.1) is 0 Å². The smallest absolute Gasteiger partial charge is 0.140 e. The third-order valence-electron chi connectivity index (χ3n) is 6.11. The standard InChI is InChI=1S/C19H24O/c20-19(12-16-11-13-8-9-15(16)10-13)18-7-3-5-14-4-1-2-6-17(14)18/h1-2,4,6,13,15-16,18H,3,5,7-12H2. The van der Waals surface area contributed by atoms with Crippen molar-refractivity contribution >= 4 is 5.78 Å². The highest BCUT2D eigenvalue weighted by Gasteiger charge is 2.41. The average molecular weight is 268 g/mol. The van der Waals surface area contributed by atoms with Crippen LogP contribution in [-0.2, 0) is 11.2 Å². The maximum Gasteiger partial charge on any atom is 0.140 e. The van der Waals surface area contributed by atoms with Crippen molar-refractivity contribution in [1.29, 1.82) is 0 Å². The van der Waals surface area contributed by atoms with Crippen LogP contribution < -0.4 is 0 Å². The minimum atomic E-state index is 0.207. The van der Waals surface area contributed by atoms with E-state index in [1.54, 1.807) is 0 Å². The first kappa shape index (κ1) is 12.6. The Labute approximate surface area is 121 Å². The second kappa shape index (κ2) is 5.02. The fourth-order valence-electron chi connectivity index (χ4n) is 5.12. The summed E-state index contributed by atoms with van der Waals surface area (Å²) in [5.74, 6) is 3.29. The predicted molar refractivity (Wildman–Crippen MR) is 80.7 cm³/mol. The Morgan fingerprint density at radius 2 is 2.00 bits per heavy atom. The highest BCUT2D eigenvalue weighted by atomic mass is 16.1. The average Bonchev–Trinajstić information content (AvgIpc) is 3.09. The van der Waals surface area contributed by atoms with Crippen LogP contribution in [0.1, 0.15) is 62.0 Å². The van der Waals surface area contributed by atoms with Crippen molar-refractivity contribution < 1.29 is 4.79 Å². The fourth-order valence-corrected chi connectivity index (χ4v) is 5.12. The van der Waals surface area contributed by atoms with Gasteiger partial charge in [-0.2, -0.15) is 0 Å². The molecule has 1 aromatic carbocycles. The van der Waals surface area contributed by atoms with Crippen molar-refractivity contribution in [2.45, 2.75) is 57.3 Å². The molecule has 0 saturated heterocycles. The molecular weight excluding hydrogens is 244 g/mol. The van der Waals surface area contributed by atoms with Gasteiger partial charge >= 0.3 is 0 Å². The lowest BCUT2D eigenvalue weighted by atomic mass is 9.76. The van der Waals surface area contributed by atoms with Crippen molar-refractivity contribution in [3.8, 4) is 0 Å². The van der Waals surface area contributed by atoms with Gasteiger partial charge in [-0.1, -0.05) is 30.7 Å². The number of Topliss-reactive ketones (excluding diaryl/α,β-unsaturated/α-hetero) is 1. The number of aryl methyl sites for hydroxylation is 1. The molecule has 3 aliphatic carbocycles. The van der Waals surface area contributed by atoms with Crippen LogP contribution in [0, 0.1) is 17.8 Å². The summed E-state index contributed by atoms with van der Waals surface area (Å²) in [5.41, 5.74) is 2.76. The molecule has 0 N–H and O–H groups in total. The van der Waals surface area contributed by atoms with Crippen LogP contribution >= 0.6 is 0 Å². The molecule has 0 spiro atoms. The van der Waals surface area contributed by atoms with E-state index < -0.39 is 0 Å². The summed E-state index contributed by atoms with van der Waals surface area (Å²) in [6.45, 7) is 0. The van der Waals surface area contributed by atoms with Crippen LogP contribution in [0.5, 0.6) is 0 Å². The molecule has 1 nitrogen and oxygen atoms in total. The minimum Gasteiger partial charge on any atom is -0.299 e. The maximum atomic E-state index is 12.8. The summed E-state index contributed by atoms with van der Waals surface area (Å²) in [5, 5.41) is 0. The van der Waals surface area contributed by atoms with Gasteiger partial charge in [-0.25, -0.2) is 0 Å². The van der Waals surface area contributed by atoms with E-state index in [1.165, 1.54) is 43.2 Å². The van der Waals surface area contributed by atoms with Gasteiger partial charge in [0, 0.05) is 12.3 Å². The van der Waals surface area contributed by atoms with Crippen molar-refractivity contribution in [1.82, 2.24) is 0 Å². The molecule has 0 aliphatic heterocycles. The second-order valence-corrected chi connectivity index (χ2v) is 7.25. The van der Waals surface area contributed by atoms with E-state index in [0.717, 1.165) is 37.0 Å². The third-order valence-corrected chi connectivity index (χ3v) is 6.11. The summed E-state index contributed by atoms with van der Waals surface area (Å²) >= 11 is 0. The summed E-state index contributed by atoms with van der Waals surface area (Å²) in [6, 6.07) is 8.62. The highest BCUT2D eigenvalue weighted by Crippen LogP contribution is 2.50. The molecule has 1 heteroatoms. The van der Waals surface area contributed by atoms with Crippen LogP contribution in [0.15, 0.2) is 24.3 Å². The number of benzene rings is 1. The van der Waals surface area contributed by atoms with Crippen LogP contribution in [0.4, 0.5) is 0 Å². The molecule has 106 valence electrons. The van der Waals surface area contributed by atoms with E-state index in [4.69, 9.17) is 0 Å². The van der Waals surface area contributed by atoms with Gasteiger partial charge in [0.15, 0.2) is 0 Å². The maximum absolute atomic E-state index is 12.8. The molecule has 0 aromatic heterocycles. The Kier molecular flexibility index (Phi) is 3.17. The first-order valence-corrected chi connectivity index (χ1v) is 8.42. The Bertz CT molecular complexity index is 518. The highest BCUT2D eigenvalue weighted by molar-refractivity contribution is 5.86. The molecule has 4 atom stereocenters. The molecule has 3 aliphatic rings. The zero-order chi connectivity index (χ0) is 13.5. The Hall–Kier alpha value is -1.11. The Morgan fingerprint density at radius 3 is 2.80 bits per heavy atom. The normalized spacial score (nSPS) is 35.0. The van der Waals surface area contributed by atoms with Gasteiger partial charge in [0.2, 0.25) is 0 Å². The van der Waals surface area contributed by atoms with Crippen LogP contribution in [0.2, 0.25) is 0 Å². The van der Waals surface area contributed by atoms with Gasteiger partial charge in [-0.05, 0) is 67.4 Å². The largest absolute Gasteiger partial charge is 0.299 e. The Balaban J connectivity index is 1.49. The van der Waals surface area contributed by atoms with Crippen molar-refractivity contribution in [2.75, 3.05) is 0 Å². The molecule has 20 heavy (non-hydrogen) atoms. The molecule has 0 radical (unpaired) electrons. The van der Waals surface area contributed by atoms with Crippen LogP contribution in [0.3, 0.4) is 0 Å². The van der Waals surface area contributed by atoms with Gasteiger partial charge in [-0.3, -0.25) is 4.79 Å². The van der Waals surface area contributed by atoms with Crippen LogP contribution in [0.25, 0.3) is 0 Å². The minimum absolute atomic E-state index is 0.207. The van der Waals surface area contributed by atoms with E-state index in [9.17, 15) is 4.79 Å². The quantitative estimate of drug-likeness (QED) is 0.788. The zero-order valence-electron chi connectivity index (χ0n) is 12.2. The van der Waals surface area contributed by atoms with Crippen molar-refractivity contribution in [2.24, 2.45) is 17.8 Å². The molecule has 4 unspecified atom stereocenters. The predicted octanol–water partition coefficient (Wildman–Crippen LogP) is 4.50. The second-order valence-electron chi connectivity index (χ2n) is 7.25. The summed E-state index contributed by atoms with van der Waals surface area (Å²) < 4.78 is 0. The number of hydrogen-bond donors (Lipinski definition) is 0.